The molecule has 1 unspecified atom stereocenters. The summed E-state index contributed by atoms with van der Waals surface area (Å²) in [6, 6.07) is 1.64. The predicted octanol–water partition coefficient (Wildman–Crippen LogP) is 2.47. The van der Waals surface area contributed by atoms with Gasteiger partial charge in [0, 0.05) is 20.0 Å². The summed E-state index contributed by atoms with van der Waals surface area (Å²) in [6.45, 7) is 1.42. The van der Waals surface area contributed by atoms with E-state index in [4.69, 9.17) is 0 Å². The fourth-order valence-corrected chi connectivity index (χ4v) is 2.68. The molecule has 126 valence electrons. The molecule has 1 heterocycles. The molecule has 1 atom stereocenters. The number of benzene rings is 1. The van der Waals surface area contributed by atoms with Crippen LogP contribution in [0.2, 0.25) is 0 Å². The van der Waals surface area contributed by atoms with E-state index in [0.29, 0.717) is 25.5 Å². The van der Waals surface area contributed by atoms with Crippen LogP contribution in [-0.2, 0) is 22.3 Å². The van der Waals surface area contributed by atoms with Crippen molar-refractivity contribution in [3.05, 3.63) is 35.1 Å². The first-order valence-corrected chi connectivity index (χ1v) is 7.10. The van der Waals surface area contributed by atoms with E-state index in [2.05, 4.69) is 5.32 Å². The molecule has 1 aromatic carbocycles. The van der Waals surface area contributed by atoms with E-state index >= 15 is 0 Å². The van der Waals surface area contributed by atoms with Crippen LogP contribution < -0.4 is 5.32 Å². The van der Waals surface area contributed by atoms with Gasteiger partial charge in [0.15, 0.2) is 0 Å². The Morgan fingerprint density at radius 2 is 2.04 bits per heavy atom. The summed E-state index contributed by atoms with van der Waals surface area (Å²) in [5, 5.41) is 2.40. The molecule has 4 nitrogen and oxygen atoms in total. The molecule has 2 amide bonds. The van der Waals surface area contributed by atoms with Crippen molar-refractivity contribution < 1.29 is 27.2 Å². The molecular weight excluding hydrogens is 316 g/mol. The third-order valence-corrected chi connectivity index (χ3v) is 3.79. The highest BCUT2D eigenvalue weighted by Gasteiger charge is 2.35. The Morgan fingerprint density at radius 1 is 1.35 bits per heavy atom. The van der Waals surface area contributed by atoms with E-state index in [9.17, 15) is 27.2 Å². The Kier molecular flexibility index (Phi) is 4.91. The Balaban J connectivity index is 2.09. The van der Waals surface area contributed by atoms with Crippen molar-refractivity contribution in [2.45, 2.75) is 38.5 Å². The number of nitrogens with zero attached hydrogens (tertiary/aromatic N) is 1. The molecule has 1 saturated heterocycles. The number of carbonyl (C=O) groups is 2. The zero-order valence-electron chi connectivity index (χ0n) is 12.4. The Labute approximate surface area is 130 Å². The van der Waals surface area contributed by atoms with Gasteiger partial charge in [0.05, 0.1) is 5.56 Å². The fourth-order valence-electron chi connectivity index (χ4n) is 2.68. The van der Waals surface area contributed by atoms with Crippen molar-refractivity contribution in [1.29, 1.82) is 0 Å². The highest BCUT2D eigenvalue weighted by atomic mass is 19.4. The SMILES string of the molecule is CC(=O)N1CCCC1C(=O)NCc1ccc(F)cc1C(F)(F)F. The molecule has 1 N–H and O–H groups in total. The molecule has 0 radical (unpaired) electrons. The van der Waals surface area contributed by atoms with Gasteiger partial charge in [-0.25, -0.2) is 4.39 Å². The first-order chi connectivity index (χ1) is 10.7. The number of likely N-dealkylation sites (tertiary alicyclic amines) is 1. The maximum absolute atomic E-state index is 13.0. The van der Waals surface area contributed by atoms with Gasteiger partial charge in [-0.15, -0.1) is 0 Å². The normalized spacial score (nSPS) is 18.1. The summed E-state index contributed by atoms with van der Waals surface area (Å²) < 4.78 is 51.7. The number of hydrogen-bond donors (Lipinski definition) is 1. The van der Waals surface area contributed by atoms with Crippen LogP contribution in [-0.4, -0.2) is 29.3 Å². The summed E-state index contributed by atoms with van der Waals surface area (Å²) in [5.74, 6) is -1.75. The molecule has 0 aromatic heterocycles. The lowest BCUT2D eigenvalue weighted by molar-refractivity contribution is -0.139. The minimum absolute atomic E-state index is 0.223. The number of nitrogens with one attached hydrogen (secondary N) is 1. The molecular formula is C15H16F4N2O2. The second-order valence-electron chi connectivity index (χ2n) is 5.39. The molecule has 1 aliphatic heterocycles. The van der Waals surface area contributed by atoms with Crippen molar-refractivity contribution in [1.82, 2.24) is 10.2 Å². The minimum atomic E-state index is -4.71. The molecule has 1 fully saturated rings. The number of rotatable bonds is 3. The molecule has 2 rings (SSSR count). The largest absolute Gasteiger partial charge is 0.416 e. The lowest BCUT2D eigenvalue weighted by atomic mass is 10.1. The second kappa shape index (κ2) is 6.55. The lowest BCUT2D eigenvalue weighted by Crippen LogP contribution is -2.45. The molecule has 1 aliphatic rings. The fraction of sp³-hybridized carbons (Fsp3) is 0.467. The highest BCUT2D eigenvalue weighted by Crippen LogP contribution is 2.32. The van der Waals surface area contributed by atoms with Crippen molar-refractivity contribution in [2.24, 2.45) is 0 Å². The number of hydrogen-bond acceptors (Lipinski definition) is 2. The van der Waals surface area contributed by atoms with Gasteiger partial charge in [-0.3, -0.25) is 9.59 Å². The Hall–Kier alpha value is -2.12. The highest BCUT2D eigenvalue weighted by molar-refractivity contribution is 5.87. The van der Waals surface area contributed by atoms with E-state index in [1.807, 2.05) is 0 Å². The summed E-state index contributed by atoms with van der Waals surface area (Å²) in [5.41, 5.74) is -1.34. The number of amides is 2. The van der Waals surface area contributed by atoms with E-state index in [-0.39, 0.29) is 18.0 Å². The van der Waals surface area contributed by atoms with Gasteiger partial charge in [0.25, 0.3) is 0 Å². The molecule has 23 heavy (non-hydrogen) atoms. The zero-order chi connectivity index (χ0) is 17.2. The van der Waals surface area contributed by atoms with Crippen molar-refractivity contribution in [3.63, 3.8) is 0 Å². The summed E-state index contributed by atoms with van der Waals surface area (Å²) >= 11 is 0. The summed E-state index contributed by atoms with van der Waals surface area (Å²) in [7, 11) is 0. The average Bonchev–Trinajstić information content (AvgIpc) is 2.94. The third-order valence-electron chi connectivity index (χ3n) is 3.79. The monoisotopic (exact) mass is 332 g/mol. The van der Waals surface area contributed by atoms with Crippen LogP contribution in [0.25, 0.3) is 0 Å². The van der Waals surface area contributed by atoms with Gasteiger partial charge in [-0.2, -0.15) is 13.2 Å². The van der Waals surface area contributed by atoms with Crippen LogP contribution in [0.3, 0.4) is 0 Å². The number of halogens is 4. The summed E-state index contributed by atoms with van der Waals surface area (Å²) in [4.78, 5) is 24.9. The van der Waals surface area contributed by atoms with Crippen molar-refractivity contribution >= 4 is 11.8 Å². The third kappa shape index (κ3) is 4.00. The maximum Gasteiger partial charge on any atom is 0.416 e. The standard InChI is InChI=1S/C15H16F4N2O2/c1-9(22)21-6-2-3-13(21)14(23)20-8-10-4-5-11(16)7-12(10)15(17,18)19/h4-5,7,13H,2-3,6,8H2,1H3,(H,20,23). The Morgan fingerprint density at radius 3 is 2.65 bits per heavy atom. The molecule has 0 aliphatic carbocycles. The van der Waals surface area contributed by atoms with Crippen LogP contribution in [0.4, 0.5) is 17.6 Å². The van der Waals surface area contributed by atoms with Gasteiger partial charge < -0.3 is 10.2 Å². The van der Waals surface area contributed by atoms with Crippen LogP contribution in [0.15, 0.2) is 18.2 Å². The van der Waals surface area contributed by atoms with Crippen molar-refractivity contribution in [2.75, 3.05) is 6.54 Å². The van der Waals surface area contributed by atoms with E-state index < -0.39 is 29.5 Å². The smallest absolute Gasteiger partial charge is 0.350 e. The van der Waals surface area contributed by atoms with Crippen LogP contribution in [0, 0.1) is 5.82 Å². The van der Waals surface area contributed by atoms with Gasteiger partial charge in [-0.05, 0) is 30.5 Å². The second-order valence-corrected chi connectivity index (χ2v) is 5.39. The first-order valence-electron chi connectivity index (χ1n) is 7.10. The summed E-state index contributed by atoms with van der Waals surface area (Å²) in [6.07, 6.45) is -3.57. The van der Waals surface area contributed by atoms with Gasteiger partial charge in [-0.1, -0.05) is 6.07 Å². The quantitative estimate of drug-likeness (QED) is 0.865. The first kappa shape index (κ1) is 17.2. The number of alkyl halides is 3. The Bertz CT molecular complexity index is 616. The van der Waals surface area contributed by atoms with Gasteiger partial charge in [0.1, 0.15) is 11.9 Å². The van der Waals surface area contributed by atoms with E-state index in [0.717, 1.165) is 12.1 Å². The molecule has 8 heteroatoms. The van der Waals surface area contributed by atoms with Crippen LogP contribution in [0.5, 0.6) is 0 Å². The average molecular weight is 332 g/mol. The van der Waals surface area contributed by atoms with Crippen LogP contribution >= 0.6 is 0 Å². The minimum Gasteiger partial charge on any atom is -0.350 e. The zero-order valence-corrected chi connectivity index (χ0v) is 12.4. The van der Waals surface area contributed by atoms with E-state index in [1.165, 1.54) is 11.8 Å². The van der Waals surface area contributed by atoms with Crippen LogP contribution in [0.1, 0.15) is 30.9 Å². The number of carbonyl (C=O) groups excluding carboxylic acids is 2. The predicted molar refractivity (Wildman–Crippen MR) is 73.7 cm³/mol. The molecule has 0 saturated carbocycles. The molecule has 0 bridgehead atoms. The molecule has 1 aromatic rings. The lowest BCUT2D eigenvalue weighted by Gasteiger charge is -2.22. The van der Waals surface area contributed by atoms with Gasteiger partial charge in [0.2, 0.25) is 11.8 Å². The molecule has 0 spiro atoms. The topological polar surface area (TPSA) is 49.4 Å². The van der Waals surface area contributed by atoms with E-state index in [1.54, 1.807) is 0 Å². The van der Waals surface area contributed by atoms with Crippen molar-refractivity contribution in [3.8, 4) is 0 Å². The maximum atomic E-state index is 13.0. The van der Waals surface area contributed by atoms with Gasteiger partial charge >= 0.3 is 6.18 Å².